The Bertz CT molecular complexity index is 446. The lowest BCUT2D eigenvalue weighted by molar-refractivity contribution is -0.0549. The third kappa shape index (κ3) is 3.29. The van der Waals surface area contributed by atoms with Crippen molar-refractivity contribution in [1.82, 2.24) is 4.90 Å². The zero-order valence-electron chi connectivity index (χ0n) is 11.7. The van der Waals surface area contributed by atoms with Crippen molar-refractivity contribution in [2.75, 3.05) is 13.2 Å². The first-order chi connectivity index (χ1) is 9.54. The predicted octanol–water partition coefficient (Wildman–Crippen LogP) is 1.53. The van der Waals surface area contributed by atoms with Crippen LogP contribution in [0.3, 0.4) is 0 Å². The van der Waals surface area contributed by atoms with E-state index in [2.05, 4.69) is 0 Å². The van der Waals surface area contributed by atoms with Crippen LogP contribution in [-0.2, 0) is 11.3 Å². The van der Waals surface area contributed by atoms with Gasteiger partial charge in [-0.25, -0.2) is 4.79 Å². The largest absolute Gasteiger partial charge is 0.445 e. The molecule has 1 aliphatic heterocycles. The Morgan fingerprint density at radius 2 is 2.15 bits per heavy atom. The first kappa shape index (κ1) is 14.8. The van der Waals surface area contributed by atoms with E-state index in [1.807, 2.05) is 30.3 Å². The highest BCUT2D eigenvalue weighted by molar-refractivity contribution is 5.68. The summed E-state index contributed by atoms with van der Waals surface area (Å²) in [6.45, 7) is 1.93. The summed E-state index contributed by atoms with van der Waals surface area (Å²) in [5.41, 5.74) is -0.368. The van der Waals surface area contributed by atoms with Crippen molar-refractivity contribution in [2.45, 2.75) is 38.0 Å². The number of nitrogens with zero attached hydrogens (tertiary/aromatic N) is 1. The highest BCUT2D eigenvalue weighted by Crippen LogP contribution is 2.27. The Balaban J connectivity index is 1.95. The molecule has 2 rings (SSSR count). The van der Waals surface area contributed by atoms with Gasteiger partial charge in [0.05, 0.1) is 12.6 Å². The molecule has 1 saturated heterocycles. The molecular weight excluding hydrogens is 258 g/mol. The second-order valence-electron chi connectivity index (χ2n) is 5.41. The molecule has 0 saturated carbocycles. The summed E-state index contributed by atoms with van der Waals surface area (Å²) in [6, 6.07) is 9.06. The van der Waals surface area contributed by atoms with E-state index in [4.69, 9.17) is 4.74 Å². The van der Waals surface area contributed by atoms with Crippen LogP contribution >= 0.6 is 0 Å². The number of carbonyl (C=O) groups excluding carboxylic acids is 1. The van der Waals surface area contributed by atoms with Gasteiger partial charge < -0.3 is 19.8 Å². The van der Waals surface area contributed by atoms with Crippen LogP contribution in [0.4, 0.5) is 4.79 Å². The highest BCUT2D eigenvalue weighted by Gasteiger charge is 2.41. The fourth-order valence-corrected chi connectivity index (χ4v) is 2.54. The van der Waals surface area contributed by atoms with Crippen LogP contribution < -0.4 is 0 Å². The first-order valence-corrected chi connectivity index (χ1v) is 6.85. The maximum absolute atomic E-state index is 12.1. The molecule has 5 heteroatoms. The number of ether oxygens (including phenoxy) is 1. The Labute approximate surface area is 118 Å². The van der Waals surface area contributed by atoms with Crippen LogP contribution in [-0.4, -0.2) is 46.0 Å². The number of aliphatic hydroxyl groups is 2. The average molecular weight is 279 g/mol. The molecule has 1 fully saturated rings. The summed E-state index contributed by atoms with van der Waals surface area (Å²) in [5.74, 6) is 0. The topological polar surface area (TPSA) is 70.0 Å². The Morgan fingerprint density at radius 3 is 2.80 bits per heavy atom. The molecule has 1 aliphatic rings. The van der Waals surface area contributed by atoms with E-state index in [-0.39, 0.29) is 13.2 Å². The van der Waals surface area contributed by atoms with Crippen LogP contribution in [0.1, 0.15) is 25.3 Å². The van der Waals surface area contributed by atoms with Gasteiger partial charge in [0.25, 0.3) is 0 Å². The lowest BCUT2D eigenvalue weighted by atomic mass is 9.95. The van der Waals surface area contributed by atoms with Crippen molar-refractivity contribution in [1.29, 1.82) is 0 Å². The molecule has 0 aliphatic carbocycles. The highest BCUT2D eigenvalue weighted by atomic mass is 16.6. The number of rotatable bonds is 4. The standard InChI is InChI=1S/C15H21NO4/c1-15(19,11-17)13-8-5-9-16(13)14(18)20-10-12-6-3-2-4-7-12/h2-4,6-7,13,17,19H,5,8-11H2,1H3/t13-,15-/m0/s1. The second-order valence-corrected chi connectivity index (χ2v) is 5.41. The van der Waals surface area contributed by atoms with Crippen molar-refractivity contribution in [3.05, 3.63) is 35.9 Å². The summed E-state index contributed by atoms with van der Waals surface area (Å²) in [4.78, 5) is 13.6. The van der Waals surface area contributed by atoms with Gasteiger partial charge in [-0.1, -0.05) is 30.3 Å². The quantitative estimate of drug-likeness (QED) is 0.877. The second kappa shape index (κ2) is 6.24. The van der Waals surface area contributed by atoms with Gasteiger partial charge in [-0.05, 0) is 25.3 Å². The fourth-order valence-electron chi connectivity index (χ4n) is 2.54. The number of amides is 1. The number of benzene rings is 1. The summed E-state index contributed by atoms with van der Waals surface area (Å²) in [7, 11) is 0. The molecule has 1 amide bonds. The Kier molecular flexibility index (Phi) is 4.62. The van der Waals surface area contributed by atoms with Gasteiger partial charge in [0.2, 0.25) is 0 Å². The van der Waals surface area contributed by atoms with Gasteiger partial charge in [0.15, 0.2) is 0 Å². The van der Waals surface area contributed by atoms with Gasteiger partial charge in [0, 0.05) is 6.54 Å². The number of aliphatic hydroxyl groups excluding tert-OH is 1. The maximum atomic E-state index is 12.1. The fraction of sp³-hybridized carbons (Fsp3) is 0.533. The molecule has 2 atom stereocenters. The van der Waals surface area contributed by atoms with Gasteiger partial charge >= 0.3 is 6.09 Å². The summed E-state index contributed by atoms with van der Waals surface area (Å²) in [5, 5.41) is 19.4. The van der Waals surface area contributed by atoms with Gasteiger partial charge in [0.1, 0.15) is 12.2 Å². The zero-order valence-corrected chi connectivity index (χ0v) is 11.7. The van der Waals surface area contributed by atoms with Crippen molar-refractivity contribution in [3.8, 4) is 0 Å². The van der Waals surface area contributed by atoms with E-state index in [1.165, 1.54) is 4.90 Å². The Hall–Kier alpha value is -1.59. The molecule has 2 N–H and O–H groups in total. The Morgan fingerprint density at radius 1 is 1.45 bits per heavy atom. The molecule has 110 valence electrons. The predicted molar refractivity (Wildman–Crippen MR) is 74.1 cm³/mol. The molecule has 0 radical (unpaired) electrons. The van der Waals surface area contributed by atoms with E-state index in [0.717, 1.165) is 12.0 Å². The van der Waals surface area contributed by atoms with Gasteiger partial charge in [-0.3, -0.25) is 0 Å². The van der Waals surface area contributed by atoms with E-state index in [9.17, 15) is 15.0 Å². The molecular formula is C15H21NO4. The van der Waals surface area contributed by atoms with Gasteiger partial charge in [-0.15, -0.1) is 0 Å². The maximum Gasteiger partial charge on any atom is 0.410 e. The third-order valence-electron chi connectivity index (χ3n) is 3.73. The van der Waals surface area contributed by atoms with E-state index in [0.29, 0.717) is 13.0 Å². The molecule has 5 nitrogen and oxygen atoms in total. The number of hydrogen-bond donors (Lipinski definition) is 2. The SMILES string of the molecule is C[C@](O)(CO)[C@@H]1CCCN1C(=O)OCc1ccccc1. The molecule has 0 aromatic heterocycles. The lowest BCUT2D eigenvalue weighted by Gasteiger charge is -2.34. The minimum atomic E-state index is -1.29. The van der Waals surface area contributed by atoms with Crippen LogP contribution in [0.25, 0.3) is 0 Å². The minimum absolute atomic E-state index is 0.212. The lowest BCUT2D eigenvalue weighted by Crippen LogP contribution is -2.52. The van der Waals surface area contributed by atoms with Gasteiger partial charge in [-0.2, -0.15) is 0 Å². The third-order valence-corrected chi connectivity index (χ3v) is 3.73. The summed E-state index contributed by atoms with van der Waals surface area (Å²) in [6.07, 6.45) is 1.04. The first-order valence-electron chi connectivity index (χ1n) is 6.85. The van der Waals surface area contributed by atoms with Crippen molar-refractivity contribution >= 4 is 6.09 Å². The molecule has 0 unspecified atom stereocenters. The van der Waals surface area contributed by atoms with E-state index in [1.54, 1.807) is 6.92 Å². The minimum Gasteiger partial charge on any atom is -0.445 e. The van der Waals surface area contributed by atoms with Crippen molar-refractivity contribution in [3.63, 3.8) is 0 Å². The molecule has 1 heterocycles. The summed E-state index contributed by atoms with van der Waals surface area (Å²) >= 11 is 0. The van der Waals surface area contributed by atoms with Crippen LogP contribution in [0.2, 0.25) is 0 Å². The number of likely N-dealkylation sites (tertiary alicyclic amines) is 1. The van der Waals surface area contributed by atoms with Crippen molar-refractivity contribution in [2.24, 2.45) is 0 Å². The van der Waals surface area contributed by atoms with Crippen LogP contribution in [0.15, 0.2) is 30.3 Å². The number of carbonyl (C=O) groups is 1. The smallest absolute Gasteiger partial charge is 0.410 e. The van der Waals surface area contributed by atoms with E-state index < -0.39 is 17.7 Å². The monoisotopic (exact) mass is 279 g/mol. The normalized spacial score (nSPS) is 21.6. The van der Waals surface area contributed by atoms with Crippen molar-refractivity contribution < 1.29 is 19.7 Å². The molecule has 1 aromatic rings. The van der Waals surface area contributed by atoms with Crippen LogP contribution in [0.5, 0.6) is 0 Å². The zero-order chi connectivity index (χ0) is 14.6. The van der Waals surface area contributed by atoms with Crippen LogP contribution in [0, 0.1) is 0 Å². The molecule has 0 spiro atoms. The van der Waals surface area contributed by atoms with E-state index >= 15 is 0 Å². The molecule has 1 aromatic carbocycles. The molecule has 20 heavy (non-hydrogen) atoms. The molecule has 0 bridgehead atoms. The average Bonchev–Trinajstić information content (AvgIpc) is 2.96. The number of hydrogen-bond acceptors (Lipinski definition) is 4. The summed E-state index contributed by atoms with van der Waals surface area (Å²) < 4.78 is 5.28.